The highest BCUT2D eigenvalue weighted by Gasteiger charge is 2.30. The van der Waals surface area contributed by atoms with Crippen LogP contribution in [0.2, 0.25) is 0 Å². The van der Waals surface area contributed by atoms with Crippen molar-refractivity contribution in [3.63, 3.8) is 0 Å². The van der Waals surface area contributed by atoms with Crippen LogP contribution in [0.15, 0.2) is 42.5 Å². The molecule has 0 unspecified atom stereocenters. The second kappa shape index (κ2) is 9.61. The summed E-state index contributed by atoms with van der Waals surface area (Å²) in [6.07, 6.45) is -4.57. The van der Waals surface area contributed by atoms with Gasteiger partial charge in [0.15, 0.2) is 13.2 Å². The van der Waals surface area contributed by atoms with E-state index >= 15 is 0 Å². The van der Waals surface area contributed by atoms with Crippen LogP contribution in [0.5, 0.6) is 5.75 Å². The monoisotopic (exact) mass is 439 g/mol. The quantitative estimate of drug-likeness (QED) is 0.530. The number of benzene rings is 2. The van der Waals surface area contributed by atoms with Gasteiger partial charge in [0.2, 0.25) is 11.8 Å². The number of primary amides is 2. The second-order valence-electron chi connectivity index (χ2n) is 6.05. The molecule has 9 nitrogen and oxygen atoms in total. The molecule has 0 aromatic heterocycles. The lowest BCUT2D eigenvalue weighted by atomic mass is 10.1. The first-order valence-corrected chi connectivity index (χ1v) is 8.46. The molecule has 0 spiro atoms. The van der Waals surface area contributed by atoms with Crippen molar-refractivity contribution in [3.8, 4) is 5.75 Å². The van der Waals surface area contributed by atoms with Gasteiger partial charge in [-0.3, -0.25) is 14.4 Å². The minimum atomic E-state index is -4.57. The van der Waals surface area contributed by atoms with Gasteiger partial charge in [-0.05, 0) is 36.4 Å². The predicted octanol–water partition coefficient (Wildman–Crippen LogP) is 1.46. The first-order valence-electron chi connectivity index (χ1n) is 8.46. The van der Waals surface area contributed by atoms with Gasteiger partial charge in [-0.15, -0.1) is 0 Å². The molecule has 0 fully saturated rings. The Labute approximate surface area is 173 Å². The summed E-state index contributed by atoms with van der Waals surface area (Å²) in [7, 11) is 0. The molecule has 0 atom stereocenters. The molecule has 0 saturated carbocycles. The van der Waals surface area contributed by atoms with Crippen molar-refractivity contribution in [1.82, 2.24) is 0 Å². The maximum Gasteiger partial charge on any atom is 0.416 e. The average Bonchev–Trinajstić information content (AvgIpc) is 2.70. The Morgan fingerprint density at radius 2 is 1.52 bits per heavy atom. The van der Waals surface area contributed by atoms with E-state index in [2.05, 4.69) is 10.1 Å². The van der Waals surface area contributed by atoms with E-state index in [9.17, 15) is 32.3 Å². The van der Waals surface area contributed by atoms with E-state index in [4.69, 9.17) is 16.2 Å². The standard InChI is InChI=1S/C19H16F3N3O6/c20-19(21,22)12-2-1-3-14(7-12)30-9-16(27)31-8-15(26)25-13-5-10(17(23)28)4-11(6-13)18(24)29/h1-7H,8-9H2,(H2,23,28)(H2,24,29)(H,25,26). The zero-order chi connectivity index (χ0) is 23.2. The zero-order valence-corrected chi connectivity index (χ0v) is 15.7. The lowest BCUT2D eigenvalue weighted by Crippen LogP contribution is -2.24. The van der Waals surface area contributed by atoms with Crippen molar-refractivity contribution in [2.75, 3.05) is 18.5 Å². The van der Waals surface area contributed by atoms with E-state index in [0.29, 0.717) is 6.07 Å². The molecule has 0 aliphatic heterocycles. The SMILES string of the molecule is NC(=O)c1cc(NC(=O)COC(=O)COc2cccc(C(F)(F)F)c2)cc(C(N)=O)c1. The largest absolute Gasteiger partial charge is 0.482 e. The molecule has 2 rings (SSSR count). The van der Waals surface area contributed by atoms with Crippen molar-refractivity contribution in [2.24, 2.45) is 11.5 Å². The van der Waals surface area contributed by atoms with Gasteiger partial charge >= 0.3 is 12.1 Å². The van der Waals surface area contributed by atoms with Gasteiger partial charge in [0.25, 0.3) is 5.91 Å². The van der Waals surface area contributed by atoms with Crippen molar-refractivity contribution in [1.29, 1.82) is 0 Å². The molecule has 12 heteroatoms. The minimum Gasteiger partial charge on any atom is -0.482 e. The van der Waals surface area contributed by atoms with E-state index in [-0.39, 0.29) is 22.6 Å². The number of nitrogens with one attached hydrogen (secondary N) is 1. The fourth-order valence-corrected chi connectivity index (χ4v) is 2.27. The zero-order valence-electron chi connectivity index (χ0n) is 15.7. The first kappa shape index (κ1) is 23.2. The molecule has 164 valence electrons. The van der Waals surface area contributed by atoms with Crippen LogP contribution in [0.3, 0.4) is 0 Å². The Hall–Kier alpha value is -4.09. The number of rotatable bonds is 8. The Kier molecular flexibility index (Phi) is 7.19. The predicted molar refractivity (Wildman–Crippen MR) is 100 cm³/mol. The van der Waals surface area contributed by atoms with Crippen LogP contribution in [-0.4, -0.2) is 36.9 Å². The molecule has 0 radical (unpaired) electrons. The summed E-state index contributed by atoms with van der Waals surface area (Å²) < 4.78 is 47.6. The average molecular weight is 439 g/mol. The van der Waals surface area contributed by atoms with E-state index in [1.807, 2.05) is 0 Å². The fourth-order valence-electron chi connectivity index (χ4n) is 2.27. The highest BCUT2D eigenvalue weighted by Crippen LogP contribution is 2.31. The molecular formula is C19H16F3N3O6. The second-order valence-corrected chi connectivity index (χ2v) is 6.05. The molecule has 0 bridgehead atoms. The molecule has 5 N–H and O–H groups in total. The Morgan fingerprint density at radius 3 is 2.06 bits per heavy atom. The number of carbonyl (C=O) groups is 4. The van der Waals surface area contributed by atoms with Crippen LogP contribution in [0.25, 0.3) is 0 Å². The van der Waals surface area contributed by atoms with Gasteiger partial charge in [0, 0.05) is 16.8 Å². The molecular weight excluding hydrogens is 423 g/mol. The lowest BCUT2D eigenvalue weighted by molar-refractivity contribution is -0.149. The Morgan fingerprint density at radius 1 is 0.903 bits per heavy atom. The highest BCUT2D eigenvalue weighted by atomic mass is 19.4. The number of halogens is 3. The van der Waals surface area contributed by atoms with Gasteiger partial charge in [0.05, 0.1) is 5.56 Å². The number of nitrogens with two attached hydrogens (primary N) is 2. The van der Waals surface area contributed by atoms with Crippen LogP contribution >= 0.6 is 0 Å². The normalized spacial score (nSPS) is 10.8. The van der Waals surface area contributed by atoms with Crippen molar-refractivity contribution < 1.29 is 41.8 Å². The lowest BCUT2D eigenvalue weighted by Gasteiger charge is -2.11. The molecule has 31 heavy (non-hydrogen) atoms. The van der Waals surface area contributed by atoms with Gasteiger partial charge in [-0.25, -0.2) is 4.79 Å². The third kappa shape index (κ3) is 7.03. The molecule has 0 heterocycles. The first-order chi connectivity index (χ1) is 14.5. The maximum absolute atomic E-state index is 12.7. The smallest absolute Gasteiger partial charge is 0.416 e. The molecule has 0 aliphatic rings. The summed E-state index contributed by atoms with van der Waals surface area (Å²) in [6.45, 7) is -1.50. The number of amides is 3. The maximum atomic E-state index is 12.7. The minimum absolute atomic E-state index is 0.00589. The molecule has 0 saturated heterocycles. The van der Waals surface area contributed by atoms with E-state index < -0.39 is 48.6 Å². The van der Waals surface area contributed by atoms with Gasteiger partial charge in [0.1, 0.15) is 5.75 Å². The molecule has 2 aromatic carbocycles. The van der Waals surface area contributed by atoms with Gasteiger partial charge in [-0.1, -0.05) is 6.07 Å². The molecule has 3 amide bonds. The third-order valence-corrected chi connectivity index (χ3v) is 3.67. The third-order valence-electron chi connectivity index (χ3n) is 3.67. The van der Waals surface area contributed by atoms with Crippen LogP contribution in [0.1, 0.15) is 26.3 Å². The number of hydrogen-bond donors (Lipinski definition) is 3. The number of carbonyl (C=O) groups excluding carboxylic acids is 4. The Balaban J connectivity index is 1.90. The number of hydrogen-bond acceptors (Lipinski definition) is 6. The van der Waals surface area contributed by atoms with E-state index in [1.165, 1.54) is 18.2 Å². The van der Waals surface area contributed by atoms with Crippen LogP contribution in [0.4, 0.5) is 18.9 Å². The summed E-state index contributed by atoms with van der Waals surface area (Å²) in [6, 6.07) is 7.39. The van der Waals surface area contributed by atoms with E-state index in [0.717, 1.165) is 18.2 Å². The number of anilines is 1. The van der Waals surface area contributed by atoms with Crippen LogP contribution in [-0.2, 0) is 20.5 Å². The number of esters is 1. The summed E-state index contributed by atoms with van der Waals surface area (Å²) in [5.41, 5.74) is 9.17. The van der Waals surface area contributed by atoms with Crippen LogP contribution < -0.4 is 21.5 Å². The van der Waals surface area contributed by atoms with E-state index in [1.54, 1.807) is 0 Å². The van der Waals surface area contributed by atoms with Crippen molar-refractivity contribution in [2.45, 2.75) is 6.18 Å². The topological polar surface area (TPSA) is 151 Å². The molecule has 2 aromatic rings. The summed E-state index contributed by atoms with van der Waals surface area (Å²) in [5.74, 6) is -3.78. The van der Waals surface area contributed by atoms with Crippen molar-refractivity contribution in [3.05, 3.63) is 59.2 Å². The fraction of sp³-hybridized carbons (Fsp3) is 0.158. The summed E-state index contributed by atoms with van der Waals surface area (Å²) >= 11 is 0. The van der Waals surface area contributed by atoms with Crippen molar-refractivity contribution >= 4 is 29.4 Å². The number of alkyl halides is 3. The Bertz CT molecular complexity index is 991. The number of ether oxygens (including phenoxy) is 2. The molecule has 0 aliphatic carbocycles. The summed E-state index contributed by atoms with van der Waals surface area (Å²) in [4.78, 5) is 46.2. The summed E-state index contributed by atoms with van der Waals surface area (Å²) in [5, 5.41) is 2.29. The van der Waals surface area contributed by atoms with Gasteiger partial charge in [-0.2, -0.15) is 13.2 Å². The highest BCUT2D eigenvalue weighted by molar-refractivity contribution is 6.02. The van der Waals surface area contributed by atoms with Gasteiger partial charge < -0.3 is 26.3 Å². The van der Waals surface area contributed by atoms with Crippen LogP contribution in [0, 0.1) is 0 Å².